The van der Waals surface area contributed by atoms with E-state index in [0.29, 0.717) is 6.42 Å². The van der Waals surface area contributed by atoms with E-state index in [2.05, 4.69) is 10.1 Å². The van der Waals surface area contributed by atoms with Crippen LogP contribution in [0.4, 0.5) is 0 Å². The van der Waals surface area contributed by atoms with Crippen LogP contribution in [0.5, 0.6) is 0 Å². The van der Waals surface area contributed by atoms with Crippen LogP contribution in [-0.2, 0) is 13.5 Å². The molecule has 0 aliphatic heterocycles. The molecule has 0 bridgehead atoms. The summed E-state index contributed by atoms with van der Waals surface area (Å²) in [6.07, 6.45) is 2.12. The molecule has 2 heterocycles. The third-order valence-corrected chi connectivity index (χ3v) is 3.94. The zero-order chi connectivity index (χ0) is 15.0. The standard InChI is InChI=1S/C17H17N3O/c1-11-15(12(2)20(3)19-11)10-17(21)14-6-4-8-16-13(14)7-5-9-18-16/h4-9H,10H2,1-3H3. The zero-order valence-corrected chi connectivity index (χ0v) is 12.4. The average molecular weight is 279 g/mol. The number of benzene rings is 1. The van der Waals surface area contributed by atoms with Gasteiger partial charge in [0.05, 0.1) is 11.2 Å². The normalized spacial score (nSPS) is 11.0. The van der Waals surface area contributed by atoms with E-state index in [1.807, 2.05) is 55.9 Å². The number of fused-ring (bicyclic) bond motifs is 1. The molecule has 2 aromatic heterocycles. The molecule has 21 heavy (non-hydrogen) atoms. The summed E-state index contributed by atoms with van der Waals surface area (Å²) >= 11 is 0. The summed E-state index contributed by atoms with van der Waals surface area (Å²) in [5.74, 6) is 0.104. The van der Waals surface area contributed by atoms with E-state index >= 15 is 0 Å². The molecule has 0 N–H and O–H groups in total. The summed E-state index contributed by atoms with van der Waals surface area (Å²) in [5.41, 5.74) is 4.55. The van der Waals surface area contributed by atoms with Crippen molar-refractivity contribution in [3.63, 3.8) is 0 Å². The summed E-state index contributed by atoms with van der Waals surface area (Å²) in [4.78, 5) is 17.0. The lowest BCUT2D eigenvalue weighted by Crippen LogP contribution is -2.06. The molecule has 0 aliphatic rings. The van der Waals surface area contributed by atoms with Gasteiger partial charge in [0.1, 0.15) is 0 Å². The molecule has 1 aromatic carbocycles. The highest BCUT2D eigenvalue weighted by Crippen LogP contribution is 2.20. The van der Waals surface area contributed by atoms with E-state index in [1.165, 1.54) is 0 Å². The van der Waals surface area contributed by atoms with E-state index in [9.17, 15) is 4.79 Å². The van der Waals surface area contributed by atoms with Gasteiger partial charge < -0.3 is 0 Å². The molecular formula is C17H17N3O. The van der Waals surface area contributed by atoms with Crippen molar-refractivity contribution in [1.29, 1.82) is 0 Å². The number of aryl methyl sites for hydroxylation is 2. The molecule has 0 aliphatic carbocycles. The van der Waals surface area contributed by atoms with Crippen molar-refractivity contribution in [2.75, 3.05) is 0 Å². The second-order valence-corrected chi connectivity index (χ2v) is 5.25. The number of rotatable bonds is 3. The first-order chi connectivity index (χ1) is 10.1. The molecule has 0 radical (unpaired) electrons. The number of ketones is 1. The van der Waals surface area contributed by atoms with Crippen LogP contribution < -0.4 is 0 Å². The van der Waals surface area contributed by atoms with Crippen LogP contribution in [0.1, 0.15) is 27.3 Å². The average Bonchev–Trinajstić information content (AvgIpc) is 2.73. The predicted molar refractivity (Wildman–Crippen MR) is 82.5 cm³/mol. The Balaban J connectivity index is 2.02. The first-order valence-electron chi connectivity index (χ1n) is 6.94. The highest BCUT2D eigenvalue weighted by atomic mass is 16.1. The topological polar surface area (TPSA) is 47.8 Å². The van der Waals surface area contributed by atoms with E-state index in [0.717, 1.165) is 33.4 Å². The molecule has 4 nitrogen and oxygen atoms in total. The first kappa shape index (κ1) is 13.5. The summed E-state index contributed by atoms with van der Waals surface area (Å²) in [5, 5.41) is 5.28. The fourth-order valence-electron chi connectivity index (χ4n) is 2.68. The Labute approximate surface area is 123 Å². The SMILES string of the molecule is Cc1nn(C)c(C)c1CC(=O)c1cccc2ncccc12. The second-order valence-electron chi connectivity index (χ2n) is 5.25. The minimum Gasteiger partial charge on any atom is -0.294 e. The number of carbonyl (C=O) groups excluding carboxylic acids is 1. The summed E-state index contributed by atoms with van der Waals surface area (Å²) < 4.78 is 1.82. The summed E-state index contributed by atoms with van der Waals surface area (Å²) in [6.45, 7) is 3.94. The zero-order valence-electron chi connectivity index (χ0n) is 12.4. The molecule has 0 unspecified atom stereocenters. The number of aromatic nitrogens is 3. The maximum Gasteiger partial charge on any atom is 0.168 e. The van der Waals surface area contributed by atoms with Gasteiger partial charge in [-0.1, -0.05) is 18.2 Å². The van der Waals surface area contributed by atoms with Crippen molar-refractivity contribution in [2.45, 2.75) is 20.3 Å². The van der Waals surface area contributed by atoms with Crippen LogP contribution in [0.25, 0.3) is 10.9 Å². The van der Waals surface area contributed by atoms with E-state index < -0.39 is 0 Å². The van der Waals surface area contributed by atoms with Gasteiger partial charge in [0, 0.05) is 41.9 Å². The minimum absolute atomic E-state index is 0.104. The Morgan fingerprint density at radius 2 is 2.00 bits per heavy atom. The van der Waals surface area contributed by atoms with Crippen molar-refractivity contribution in [1.82, 2.24) is 14.8 Å². The second kappa shape index (κ2) is 5.13. The fraction of sp³-hybridized carbons (Fsp3) is 0.235. The maximum absolute atomic E-state index is 12.7. The summed E-state index contributed by atoms with van der Waals surface area (Å²) in [6, 6.07) is 9.48. The lowest BCUT2D eigenvalue weighted by atomic mass is 9.98. The van der Waals surface area contributed by atoms with Gasteiger partial charge in [0.15, 0.2) is 5.78 Å². The monoisotopic (exact) mass is 279 g/mol. The Bertz CT molecular complexity index is 828. The Kier molecular flexibility index (Phi) is 3.29. The highest BCUT2D eigenvalue weighted by Gasteiger charge is 2.16. The first-order valence-corrected chi connectivity index (χ1v) is 6.94. The van der Waals surface area contributed by atoms with Crippen molar-refractivity contribution in [3.05, 3.63) is 59.0 Å². The number of carbonyl (C=O) groups is 1. The molecular weight excluding hydrogens is 262 g/mol. The number of hydrogen-bond donors (Lipinski definition) is 0. The van der Waals surface area contributed by atoms with Crippen molar-refractivity contribution in [2.24, 2.45) is 7.05 Å². The molecule has 106 valence electrons. The lowest BCUT2D eigenvalue weighted by Gasteiger charge is -2.06. The van der Waals surface area contributed by atoms with Gasteiger partial charge >= 0.3 is 0 Å². The predicted octanol–water partition coefficient (Wildman–Crippen LogP) is 3.01. The molecule has 0 fully saturated rings. The molecule has 0 saturated carbocycles. The third kappa shape index (κ3) is 2.33. The van der Waals surface area contributed by atoms with Gasteiger partial charge in [0.2, 0.25) is 0 Å². The molecule has 0 amide bonds. The van der Waals surface area contributed by atoms with Crippen molar-refractivity contribution >= 4 is 16.7 Å². The summed E-state index contributed by atoms with van der Waals surface area (Å²) in [7, 11) is 1.90. The molecule has 0 atom stereocenters. The van der Waals surface area contributed by atoms with Crippen LogP contribution in [0.3, 0.4) is 0 Å². The van der Waals surface area contributed by atoms with Crippen LogP contribution in [0.15, 0.2) is 36.5 Å². The van der Waals surface area contributed by atoms with Crippen molar-refractivity contribution in [3.8, 4) is 0 Å². The third-order valence-electron chi connectivity index (χ3n) is 3.94. The molecule has 3 aromatic rings. The lowest BCUT2D eigenvalue weighted by molar-refractivity contribution is 0.0994. The minimum atomic E-state index is 0.104. The van der Waals surface area contributed by atoms with E-state index in [-0.39, 0.29) is 5.78 Å². The van der Waals surface area contributed by atoms with Gasteiger partial charge in [-0.2, -0.15) is 5.10 Å². The van der Waals surface area contributed by atoms with Gasteiger partial charge in [0.25, 0.3) is 0 Å². The van der Waals surface area contributed by atoms with Gasteiger partial charge in [-0.25, -0.2) is 0 Å². The highest BCUT2D eigenvalue weighted by molar-refractivity contribution is 6.08. The van der Waals surface area contributed by atoms with Crippen LogP contribution in [-0.4, -0.2) is 20.5 Å². The number of pyridine rings is 1. The molecule has 0 saturated heterocycles. The van der Waals surface area contributed by atoms with Crippen molar-refractivity contribution < 1.29 is 4.79 Å². The number of Topliss-reactive ketones (excluding diaryl/α,β-unsaturated/α-hetero) is 1. The Morgan fingerprint density at radius 3 is 2.71 bits per heavy atom. The Morgan fingerprint density at radius 1 is 1.19 bits per heavy atom. The van der Waals surface area contributed by atoms with Gasteiger partial charge in [-0.15, -0.1) is 0 Å². The Hall–Kier alpha value is -2.49. The number of nitrogens with zero attached hydrogens (tertiary/aromatic N) is 3. The fourth-order valence-corrected chi connectivity index (χ4v) is 2.68. The van der Waals surface area contributed by atoms with Crippen LogP contribution >= 0.6 is 0 Å². The smallest absolute Gasteiger partial charge is 0.168 e. The molecule has 0 spiro atoms. The molecule has 4 heteroatoms. The molecule has 3 rings (SSSR count). The number of hydrogen-bond acceptors (Lipinski definition) is 3. The van der Waals surface area contributed by atoms with E-state index in [4.69, 9.17) is 0 Å². The largest absolute Gasteiger partial charge is 0.294 e. The quantitative estimate of drug-likeness (QED) is 0.692. The van der Waals surface area contributed by atoms with Gasteiger partial charge in [-0.05, 0) is 26.0 Å². The van der Waals surface area contributed by atoms with Crippen LogP contribution in [0, 0.1) is 13.8 Å². The van der Waals surface area contributed by atoms with Crippen LogP contribution in [0.2, 0.25) is 0 Å². The maximum atomic E-state index is 12.7. The van der Waals surface area contributed by atoms with Gasteiger partial charge in [-0.3, -0.25) is 14.5 Å². The van der Waals surface area contributed by atoms with E-state index in [1.54, 1.807) is 6.20 Å².